The van der Waals surface area contributed by atoms with Crippen LogP contribution in [-0.4, -0.2) is 17.4 Å². The molecular weight excluding hydrogens is 262 g/mol. The lowest BCUT2D eigenvalue weighted by atomic mass is 10.0. The van der Waals surface area contributed by atoms with E-state index in [1.807, 2.05) is 25.1 Å². The average molecular weight is 283 g/mol. The molecule has 4 heteroatoms. The van der Waals surface area contributed by atoms with Crippen molar-refractivity contribution in [1.29, 1.82) is 0 Å². The number of nitrogens with one attached hydrogen (secondary N) is 2. The molecule has 2 N–H and O–H groups in total. The van der Waals surface area contributed by atoms with Gasteiger partial charge in [-0.15, -0.1) is 0 Å². The van der Waals surface area contributed by atoms with Crippen LogP contribution in [0.1, 0.15) is 41.5 Å². The lowest BCUT2D eigenvalue weighted by Gasteiger charge is -2.18. The minimum atomic E-state index is -0.148. The van der Waals surface area contributed by atoms with Gasteiger partial charge in [0.1, 0.15) is 5.69 Å². The third kappa shape index (κ3) is 3.81. The molecule has 1 amide bonds. The normalized spacial score (nSPS) is 11.8. The Morgan fingerprint density at radius 2 is 2.05 bits per heavy atom. The van der Waals surface area contributed by atoms with Gasteiger partial charge in [-0.05, 0) is 44.0 Å². The van der Waals surface area contributed by atoms with Gasteiger partial charge in [0.2, 0.25) is 0 Å². The van der Waals surface area contributed by atoms with Gasteiger partial charge in [0.15, 0.2) is 0 Å². The maximum absolute atomic E-state index is 11.8. The predicted octanol–water partition coefficient (Wildman–Crippen LogP) is 3.31. The van der Waals surface area contributed by atoms with Crippen LogP contribution in [0.4, 0.5) is 5.69 Å². The van der Waals surface area contributed by atoms with Crippen molar-refractivity contribution in [2.24, 2.45) is 0 Å². The number of anilines is 1. The first kappa shape index (κ1) is 15.0. The Labute approximate surface area is 125 Å². The van der Waals surface area contributed by atoms with Gasteiger partial charge in [0.25, 0.3) is 5.91 Å². The molecule has 1 aromatic heterocycles. The van der Waals surface area contributed by atoms with Gasteiger partial charge in [-0.3, -0.25) is 9.78 Å². The molecule has 0 fully saturated rings. The second-order valence-electron chi connectivity index (χ2n) is 5.01. The maximum atomic E-state index is 11.8. The summed E-state index contributed by atoms with van der Waals surface area (Å²) in [7, 11) is 0. The summed E-state index contributed by atoms with van der Waals surface area (Å²) in [6, 6.07) is 12.1. The number of amides is 1. The van der Waals surface area contributed by atoms with Crippen LogP contribution in [0.2, 0.25) is 0 Å². The number of rotatable bonds is 5. The summed E-state index contributed by atoms with van der Waals surface area (Å²) in [6.07, 6.45) is 1.65. The van der Waals surface area contributed by atoms with Gasteiger partial charge >= 0.3 is 0 Å². The summed E-state index contributed by atoms with van der Waals surface area (Å²) in [5.41, 5.74) is 3.81. The first-order valence-electron chi connectivity index (χ1n) is 7.18. The Hall–Kier alpha value is -2.36. The zero-order chi connectivity index (χ0) is 15.2. The summed E-state index contributed by atoms with van der Waals surface area (Å²) in [5, 5.41) is 6.17. The third-order valence-electron chi connectivity index (χ3n) is 3.37. The molecule has 2 rings (SSSR count). The van der Waals surface area contributed by atoms with E-state index in [2.05, 4.69) is 41.6 Å². The quantitative estimate of drug-likeness (QED) is 0.885. The number of nitrogens with zero attached hydrogens (tertiary/aromatic N) is 1. The lowest BCUT2D eigenvalue weighted by Crippen LogP contribution is -2.23. The van der Waals surface area contributed by atoms with E-state index in [-0.39, 0.29) is 11.9 Å². The fourth-order valence-electron chi connectivity index (χ4n) is 2.30. The Balaban J connectivity index is 2.15. The Morgan fingerprint density at radius 1 is 1.29 bits per heavy atom. The minimum Gasteiger partial charge on any atom is -0.378 e. The molecular formula is C17H21N3O. The summed E-state index contributed by atoms with van der Waals surface area (Å²) >= 11 is 0. The van der Waals surface area contributed by atoms with Gasteiger partial charge in [-0.25, -0.2) is 0 Å². The molecule has 1 unspecified atom stereocenters. The number of aromatic nitrogens is 1. The molecule has 0 radical (unpaired) electrons. The van der Waals surface area contributed by atoms with Crippen molar-refractivity contribution >= 4 is 11.6 Å². The monoisotopic (exact) mass is 283 g/mol. The van der Waals surface area contributed by atoms with Crippen molar-refractivity contribution in [3.8, 4) is 0 Å². The summed E-state index contributed by atoms with van der Waals surface area (Å²) in [4.78, 5) is 15.9. The van der Waals surface area contributed by atoms with Crippen molar-refractivity contribution in [2.75, 3.05) is 11.9 Å². The van der Waals surface area contributed by atoms with Crippen molar-refractivity contribution in [3.05, 3.63) is 59.4 Å². The summed E-state index contributed by atoms with van der Waals surface area (Å²) in [6.45, 7) is 6.69. The Morgan fingerprint density at radius 3 is 2.76 bits per heavy atom. The zero-order valence-corrected chi connectivity index (χ0v) is 12.7. The summed E-state index contributed by atoms with van der Waals surface area (Å²) in [5.74, 6) is -0.148. The summed E-state index contributed by atoms with van der Waals surface area (Å²) < 4.78 is 0. The largest absolute Gasteiger partial charge is 0.378 e. The SMILES string of the molecule is CCNC(=O)c1cc(NC(C)c2ccccc2C)ccn1. The fraction of sp³-hybridized carbons (Fsp3) is 0.294. The second-order valence-corrected chi connectivity index (χ2v) is 5.01. The molecule has 0 saturated carbocycles. The minimum absolute atomic E-state index is 0.148. The molecule has 1 heterocycles. The van der Waals surface area contributed by atoms with Crippen LogP contribution in [-0.2, 0) is 0 Å². The molecule has 0 spiro atoms. The van der Waals surface area contributed by atoms with Gasteiger partial charge in [-0.2, -0.15) is 0 Å². The molecule has 0 saturated heterocycles. The third-order valence-corrected chi connectivity index (χ3v) is 3.37. The standard InChI is InChI=1S/C17H21N3O/c1-4-18-17(21)16-11-14(9-10-19-16)20-13(3)15-8-6-5-7-12(15)2/h5-11,13H,4H2,1-3H3,(H,18,21)(H,19,20). The number of hydrogen-bond acceptors (Lipinski definition) is 3. The first-order valence-corrected chi connectivity index (χ1v) is 7.18. The van der Waals surface area contributed by atoms with Crippen LogP contribution >= 0.6 is 0 Å². The van der Waals surface area contributed by atoms with E-state index in [1.54, 1.807) is 12.3 Å². The van der Waals surface area contributed by atoms with E-state index >= 15 is 0 Å². The van der Waals surface area contributed by atoms with Crippen LogP contribution in [0.3, 0.4) is 0 Å². The van der Waals surface area contributed by atoms with Crippen molar-refractivity contribution in [2.45, 2.75) is 26.8 Å². The van der Waals surface area contributed by atoms with Crippen LogP contribution in [0.5, 0.6) is 0 Å². The molecule has 0 bridgehead atoms. The molecule has 1 aromatic carbocycles. The molecule has 0 aliphatic heterocycles. The highest BCUT2D eigenvalue weighted by atomic mass is 16.1. The van der Waals surface area contributed by atoms with Crippen molar-refractivity contribution < 1.29 is 4.79 Å². The maximum Gasteiger partial charge on any atom is 0.269 e. The smallest absolute Gasteiger partial charge is 0.269 e. The molecule has 1 atom stereocenters. The Bertz CT molecular complexity index is 625. The van der Waals surface area contributed by atoms with E-state index in [0.717, 1.165) is 5.69 Å². The van der Waals surface area contributed by atoms with Gasteiger partial charge in [0.05, 0.1) is 0 Å². The molecule has 4 nitrogen and oxygen atoms in total. The number of aryl methyl sites for hydroxylation is 1. The topological polar surface area (TPSA) is 54.0 Å². The Kier molecular flexibility index (Phi) is 4.93. The van der Waals surface area contributed by atoms with E-state index < -0.39 is 0 Å². The lowest BCUT2D eigenvalue weighted by molar-refractivity contribution is 0.0951. The molecule has 0 aliphatic rings. The predicted molar refractivity (Wildman–Crippen MR) is 85.5 cm³/mol. The molecule has 21 heavy (non-hydrogen) atoms. The van der Waals surface area contributed by atoms with Crippen LogP contribution in [0, 0.1) is 6.92 Å². The van der Waals surface area contributed by atoms with Crippen molar-refractivity contribution in [1.82, 2.24) is 10.3 Å². The highest BCUT2D eigenvalue weighted by Crippen LogP contribution is 2.22. The van der Waals surface area contributed by atoms with E-state index in [4.69, 9.17) is 0 Å². The van der Waals surface area contributed by atoms with E-state index in [0.29, 0.717) is 12.2 Å². The van der Waals surface area contributed by atoms with Crippen LogP contribution in [0.15, 0.2) is 42.6 Å². The number of carbonyl (C=O) groups excluding carboxylic acids is 1. The number of benzene rings is 1. The zero-order valence-electron chi connectivity index (χ0n) is 12.7. The number of carbonyl (C=O) groups is 1. The van der Waals surface area contributed by atoms with Gasteiger partial charge in [-0.1, -0.05) is 24.3 Å². The number of pyridine rings is 1. The molecule has 0 aliphatic carbocycles. The average Bonchev–Trinajstić information content (AvgIpc) is 2.48. The highest BCUT2D eigenvalue weighted by molar-refractivity contribution is 5.93. The first-order chi connectivity index (χ1) is 10.1. The van der Waals surface area contributed by atoms with Gasteiger partial charge < -0.3 is 10.6 Å². The second kappa shape index (κ2) is 6.88. The number of hydrogen-bond donors (Lipinski definition) is 2. The van der Waals surface area contributed by atoms with Crippen LogP contribution in [0.25, 0.3) is 0 Å². The van der Waals surface area contributed by atoms with E-state index in [1.165, 1.54) is 11.1 Å². The fourth-order valence-corrected chi connectivity index (χ4v) is 2.30. The molecule has 2 aromatic rings. The van der Waals surface area contributed by atoms with E-state index in [9.17, 15) is 4.79 Å². The van der Waals surface area contributed by atoms with Gasteiger partial charge in [0, 0.05) is 24.5 Å². The highest BCUT2D eigenvalue weighted by Gasteiger charge is 2.10. The molecule has 110 valence electrons. The van der Waals surface area contributed by atoms with Crippen LogP contribution < -0.4 is 10.6 Å². The van der Waals surface area contributed by atoms with Crippen molar-refractivity contribution in [3.63, 3.8) is 0 Å².